The van der Waals surface area contributed by atoms with Crippen LogP contribution in [0.25, 0.3) is 10.9 Å². The van der Waals surface area contributed by atoms with Gasteiger partial charge in [0.25, 0.3) is 5.91 Å². The molecule has 0 radical (unpaired) electrons. The number of H-pyrrole nitrogens is 1. The molecule has 1 saturated heterocycles. The largest absolute Gasteiger partial charge is 0.353 e. The molecule has 1 aliphatic carbocycles. The monoisotopic (exact) mass is 381 g/mol. The molecule has 2 heterocycles. The molecule has 0 unspecified atom stereocenters. The summed E-state index contributed by atoms with van der Waals surface area (Å²) in [6.07, 6.45) is 7.79. The van der Waals surface area contributed by atoms with Crippen molar-refractivity contribution in [1.82, 2.24) is 15.2 Å². The van der Waals surface area contributed by atoms with Crippen molar-refractivity contribution < 1.29 is 9.59 Å². The number of likely N-dealkylation sites (tertiary alicyclic amines) is 1. The Hall–Kier alpha value is -2.30. The fraction of sp³-hybridized carbons (Fsp3) is 0.565. The minimum absolute atomic E-state index is 0.0206. The van der Waals surface area contributed by atoms with Crippen molar-refractivity contribution in [3.05, 3.63) is 36.0 Å². The lowest BCUT2D eigenvalue weighted by Gasteiger charge is -2.35. The smallest absolute Gasteiger partial charge is 0.270 e. The number of para-hydroxylation sites is 1. The van der Waals surface area contributed by atoms with Gasteiger partial charge in [0.1, 0.15) is 5.69 Å². The molecule has 4 rings (SSSR count). The van der Waals surface area contributed by atoms with E-state index in [1.807, 2.05) is 35.2 Å². The number of carbonyl (C=O) groups excluding carboxylic acids is 2. The summed E-state index contributed by atoms with van der Waals surface area (Å²) in [4.78, 5) is 30.7. The average Bonchev–Trinajstić information content (AvgIpc) is 3.18. The quantitative estimate of drug-likeness (QED) is 0.837. The second-order valence-corrected chi connectivity index (χ2v) is 8.53. The first-order chi connectivity index (χ1) is 13.6. The lowest BCUT2D eigenvalue weighted by molar-refractivity contribution is -0.127. The number of benzene rings is 1. The SMILES string of the molecule is C[C@H](C(=O)NC1CCCCC1)C1CCN(C(=O)c2cc3ccccc3[nH]2)CC1. The fourth-order valence-corrected chi connectivity index (χ4v) is 4.76. The highest BCUT2D eigenvalue weighted by Crippen LogP contribution is 2.27. The van der Waals surface area contributed by atoms with Crippen molar-refractivity contribution in [3.63, 3.8) is 0 Å². The molecule has 2 N–H and O–H groups in total. The number of fused-ring (bicyclic) bond motifs is 1. The molecular weight excluding hydrogens is 350 g/mol. The maximum absolute atomic E-state index is 12.9. The Morgan fingerprint density at radius 3 is 2.50 bits per heavy atom. The molecule has 1 aromatic heterocycles. The molecule has 2 amide bonds. The molecule has 1 atom stereocenters. The molecular formula is C23H31N3O2. The summed E-state index contributed by atoms with van der Waals surface area (Å²) in [6, 6.07) is 10.3. The van der Waals surface area contributed by atoms with Gasteiger partial charge < -0.3 is 15.2 Å². The van der Waals surface area contributed by atoms with Gasteiger partial charge in [0.2, 0.25) is 5.91 Å². The van der Waals surface area contributed by atoms with Crippen molar-refractivity contribution >= 4 is 22.7 Å². The van der Waals surface area contributed by atoms with Crippen LogP contribution in [0.1, 0.15) is 62.4 Å². The average molecular weight is 382 g/mol. The summed E-state index contributed by atoms with van der Waals surface area (Å²) in [6.45, 7) is 3.50. The van der Waals surface area contributed by atoms with Gasteiger partial charge >= 0.3 is 0 Å². The second kappa shape index (κ2) is 8.38. The Labute approximate surface area is 166 Å². The summed E-state index contributed by atoms with van der Waals surface area (Å²) in [5.41, 5.74) is 1.65. The van der Waals surface area contributed by atoms with E-state index in [2.05, 4.69) is 17.2 Å². The molecule has 2 aromatic rings. The number of nitrogens with zero attached hydrogens (tertiary/aromatic N) is 1. The van der Waals surface area contributed by atoms with E-state index in [0.29, 0.717) is 17.7 Å². The number of carbonyl (C=O) groups is 2. The lowest BCUT2D eigenvalue weighted by atomic mass is 9.84. The van der Waals surface area contributed by atoms with E-state index in [4.69, 9.17) is 0 Å². The fourth-order valence-electron chi connectivity index (χ4n) is 4.76. The van der Waals surface area contributed by atoms with E-state index < -0.39 is 0 Å². The Morgan fingerprint density at radius 1 is 1.07 bits per heavy atom. The standard InChI is InChI=1S/C23H31N3O2/c1-16(22(27)24-19-8-3-2-4-9-19)17-11-13-26(14-12-17)23(28)21-15-18-7-5-6-10-20(18)25-21/h5-7,10,15-17,19,25H,2-4,8-9,11-14H2,1H3,(H,24,27)/t16-/m0/s1. The summed E-state index contributed by atoms with van der Waals surface area (Å²) >= 11 is 0. The molecule has 28 heavy (non-hydrogen) atoms. The van der Waals surface area contributed by atoms with Crippen LogP contribution in [0.15, 0.2) is 30.3 Å². The van der Waals surface area contributed by atoms with Crippen LogP contribution in [0.5, 0.6) is 0 Å². The Kier molecular flexibility index (Phi) is 5.69. The first-order valence-electron chi connectivity index (χ1n) is 10.8. The molecule has 1 saturated carbocycles. The number of nitrogens with one attached hydrogen (secondary N) is 2. The molecule has 0 bridgehead atoms. The van der Waals surface area contributed by atoms with Crippen LogP contribution in [-0.4, -0.2) is 40.8 Å². The zero-order valence-corrected chi connectivity index (χ0v) is 16.7. The minimum Gasteiger partial charge on any atom is -0.353 e. The summed E-state index contributed by atoms with van der Waals surface area (Å²) in [5.74, 6) is 0.642. The van der Waals surface area contributed by atoms with Gasteiger partial charge in [0, 0.05) is 36.0 Å². The van der Waals surface area contributed by atoms with Gasteiger partial charge in [-0.25, -0.2) is 0 Å². The van der Waals surface area contributed by atoms with Gasteiger partial charge in [-0.3, -0.25) is 9.59 Å². The number of hydrogen-bond donors (Lipinski definition) is 2. The lowest BCUT2D eigenvalue weighted by Crippen LogP contribution is -2.45. The maximum Gasteiger partial charge on any atom is 0.270 e. The van der Waals surface area contributed by atoms with Gasteiger partial charge in [-0.05, 0) is 43.7 Å². The van der Waals surface area contributed by atoms with Crippen LogP contribution in [0.3, 0.4) is 0 Å². The van der Waals surface area contributed by atoms with E-state index in [1.54, 1.807) is 0 Å². The van der Waals surface area contributed by atoms with E-state index in [1.165, 1.54) is 19.3 Å². The highest BCUT2D eigenvalue weighted by atomic mass is 16.2. The zero-order chi connectivity index (χ0) is 19.5. The molecule has 2 fully saturated rings. The van der Waals surface area contributed by atoms with Crippen molar-refractivity contribution in [2.24, 2.45) is 11.8 Å². The van der Waals surface area contributed by atoms with E-state index in [0.717, 1.165) is 49.7 Å². The first kappa shape index (κ1) is 19.0. The predicted octanol–water partition coefficient (Wildman–Crippen LogP) is 4.11. The number of aromatic amines is 1. The summed E-state index contributed by atoms with van der Waals surface area (Å²) < 4.78 is 0. The zero-order valence-electron chi connectivity index (χ0n) is 16.7. The van der Waals surface area contributed by atoms with Crippen molar-refractivity contribution in [2.45, 2.75) is 57.9 Å². The van der Waals surface area contributed by atoms with Crippen LogP contribution < -0.4 is 5.32 Å². The van der Waals surface area contributed by atoms with Crippen LogP contribution in [0.4, 0.5) is 0 Å². The van der Waals surface area contributed by atoms with E-state index in [-0.39, 0.29) is 17.7 Å². The molecule has 150 valence electrons. The molecule has 1 aliphatic heterocycles. The van der Waals surface area contributed by atoms with Crippen molar-refractivity contribution in [3.8, 4) is 0 Å². The normalized spacial score (nSPS) is 20.2. The number of aromatic nitrogens is 1. The Bertz CT molecular complexity index is 796. The summed E-state index contributed by atoms with van der Waals surface area (Å²) in [5, 5.41) is 4.33. The number of hydrogen-bond acceptors (Lipinski definition) is 2. The van der Waals surface area contributed by atoms with Crippen LogP contribution in [0, 0.1) is 11.8 Å². The van der Waals surface area contributed by atoms with Crippen LogP contribution in [-0.2, 0) is 4.79 Å². The molecule has 5 heteroatoms. The van der Waals surface area contributed by atoms with Gasteiger partial charge in [0.05, 0.1) is 0 Å². The third-order valence-corrected chi connectivity index (χ3v) is 6.66. The third-order valence-electron chi connectivity index (χ3n) is 6.66. The van der Waals surface area contributed by atoms with Crippen LogP contribution >= 0.6 is 0 Å². The first-order valence-corrected chi connectivity index (χ1v) is 10.8. The third kappa shape index (κ3) is 4.08. The minimum atomic E-state index is 0.0206. The number of rotatable bonds is 4. The molecule has 5 nitrogen and oxygen atoms in total. The second-order valence-electron chi connectivity index (χ2n) is 8.53. The maximum atomic E-state index is 12.9. The Morgan fingerprint density at radius 2 is 1.79 bits per heavy atom. The van der Waals surface area contributed by atoms with Gasteiger partial charge in [-0.15, -0.1) is 0 Å². The topological polar surface area (TPSA) is 65.2 Å². The van der Waals surface area contributed by atoms with Crippen molar-refractivity contribution in [2.75, 3.05) is 13.1 Å². The highest BCUT2D eigenvalue weighted by Gasteiger charge is 2.31. The Balaban J connectivity index is 1.30. The van der Waals surface area contributed by atoms with Crippen LogP contribution in [0.2, 0.25) is 0 Å². The number of amides is 2. The summed E-state index contributed by atoms with van der Waals surface area (Å²) in [7, 11) is 0. The van der Waals surface area contributed by atoms with Gasteiger partial charge in [-0.2, -0.15) is 0 Å². The number of piperidine rings is 1. The predicted molar refractivity (Wildman–Crippen MR) is 111 cm³/mol. The molecule has 1 aromatic carbocycles. The van der Waals surface area contributed by atoms with E-state index >= 15 is 0 Å². The van der Waals surface area contributed by atoms with Gasteiger partial charge in [-0.1, -0.05) is 44.4 Å². The van der Waals surface area contributed by atoms with E-state index in [9.17, 15) is 9.59 Å². The molecule has 0 spiro atoms. The molecule has 2 aliphatic rings. The van der Waals surface area contributed by atoms with Gasteiger partial charge in [0.15, 0.2) is 0 Å². The van der Waals surface area contributed by atoms with Crippen molar-refractivity contribution in [1.29, 1.82) is 0 Å². The highest BCUT2D eigenvalue weighted by molar-refractivity contribution is 5.98.